The largest absolute Gasteiger partial charge is 0.388 e. The summed E-state index contributed by atoms with van der Waals surface area (Å²) in [5.41, 5.74) is 2.02. The van der Waals surface area contributed by atoms with Crippen molar-refractivity contribution in [3.8, 4) is 0 Å². The summed E-state index contributed by atoms with van der Waals surface area (Å²) in [6.07, 6.45) is 7.68. The number of pyridine rings is 1. The highest BCUT2D eigenvalue weighted by atomic mass is 16.3. The highest BCUT2D eigenvalue weighted by Gasteiger charge is 2.71. The molecule has 0 aromatic carbocycles. The number of aromatic nitrogens is 1. The van der Waals surface area contributed by atoms with Crippen molar-refractivity contribution in [1.82, 2.24) is 4.98 Å². The molecule has 2 nitrogen and oxygen atoms in total. The van der Waals surface area contributed by atoms with E-state index in [1.54, 1.807) is 0 Å². The smallest absolute Gasteiger partial charge is 0.0837 e. The van der Waals surface area contributed by atoms with Gasteiger partial charge in [0.15, 0.2) is 0 Å². The molecule has 20 heavy (non-hydrogen) atoms. The van der Waals surface area contributed by atoms with Crippen LogP contribution in [0.3, 0.4) is 0 Å². The van der Waals surface area contributed by atoms with Crippen LogP contribution in [-0.4, -0.2) is 15.7 Å². The SMILES string of the molecule is CC12CCC(C1)C(C)(C)C2(O)C1CCc2cccnc21. The standard InChI is InChI=1S/C18H25NO/c1-16(2)13-8-9-17(3,11-13)18(16,20)14-7-6-12-5-4-10-19-15(12)14/h4-5,10,13-14,20H,6-9,11H2,1-3H3. The predicted octanol–water partition coefficient (Wildman–Crippen LogP) is 3.69. The van der Waals surface area contributed by atoms with Crippen LogP contribution in [0.4, 0.5) is 0 Å². The Labute approximate surface area is 121 Å². The average Bonchev–Trinajstić information content (AvgIpc) is 3.05. The number of aryl methyl sites for hydroxylation is 1. The second-order valence-electron chi connectivity index (χ2n) is 8.13. The van der Waals surface area contributed by atoms with Crippen molar-refractivity contribution >= 4 is 0 Å². The van der Waals surface area contributed by atoms with E-state index in [0.717, 1.165) is 12.8 Å². The zero-order valence-electron chi connectivity index (χ0n) is 12.8. The summed E-state index contributed by atoms with van der Waals surface area (Å²) in [6, 6.07) is 4.22. The van der Waals surface area contributed by atoms with Crippen molar-refractivity contribution in [1.29, 1.82) is 0 Å². The normalized spacial score (nSPS) is 44.8. The lowest BCUT2D eigenvalue weighted by Gasteiger charge is -2.54. The molecule has 1 aromatic rings. The molecular formula is C18H25NO. The molecule has 1 aromatic heterocycles. The summed E-state index contributed by atoms with van der Waals surface area (Å²) in [5.74, 6) is 0.897. The van der Waals surface area contributed by atoms with Gasteiger partial charge in [-0.2, -0.15) is 0 Å². The lowest BCUT2D eigenvalue weighted by Crippen LogP contribution is -2.57. The molecule has 0 radical (unpaired) electrons. The quantitative estimate of drug-likeness (QED) is 0.845. The summed E-state index contributed by atoms with van der Waals surface area (Å²) < 4.78 is 0. The first-order valence-corrected chi connectivity index (χ1v) is 8.06. The van der Waals surface area contributed by atoms with E-state index in [2.05, 4.69) is 31.8 Å². The van der Waals surface area contributed by atoms with Crippen LogP contribution in [-0.2, 0) is 6.42 Å². The Kier molecular flexibility index (Phi) is 2.34. The lowest BCUT2D eigenvalue weighted by atomic mass is 9.55. The van der Waals surface area contributed by atoms with Crippen molar-refractivity contribution in [2.24, 2.45) is 16.7 Å². The van der Waals surface area contributed by atoms with Crippen molar-refractivity contribution in [2.75, 3.05) is 0 Å². The van der Waals surface area contributed by atoms with E-state index < -0.39 is 5.60 Å². The van der Waals surface area contributed by atoms with E-state index >= 15 is 0 Å². The average molecular weight is 271 g/mol. The second-order valence-corrected chi connectivity index (χ2v) is 8.13. The maximum Gasteiger partial charge on any atom is 0.0837 e. The molecule has 108 valence electrons. The summed E-state index contributed by atoms with van der Waals surface area (Å²) in [7, 11) is 0. The van der Waals surface area contributed by atoms with Gasteiger partial charge < -0.3 is 5.11 Å². The Morgan fingerprint density at radius 3 is 2.75 bits per heavy atom. The van der Waals surface area contributed by atoms with E-state index in [4.69, 9.17) is 0 Å². The lowest BCUT2D eigenvalue weighted by molar-refractivity contribution is -0.160. The van der Waals surface area contributed by atoms with Crippen LogP contribution in [0.1, 0.15) is 63.6 Å². The highest BCUT2D eigenvalue weighted by molar-refractivity contribution is 5.36. The van der Waals surface area contributed by atoms with Gasteiger partial charge in [0.05, 0.1) is 5.60 Å². The molecule has 2 heteroatoms. The molecule has 0 spiro atoms. The molecule has 1 N–H and O–H groups in total. The molecule has 0 aliphatic heterocycles. The van der Waals surface area contributed by atoms with Crippen molar-refractivity contribution in [2.45, 2.75) is 64.4 Å². The highest BCUT2D eigenvalue weighted by Crippen LogP contribution is 2.72. The Morgan fingerprint density at radius 1 is 1.25 bits per heavy atom. The van der Waals surface area contributed by atoms with Gasteiger partial charge in [-0.25, -0.2) is 0 Å². The molecule has 2 bridgehead atoms. The number of nitrogens with zero attached hydrogens (tertiary/aromatic N) is 1. The third kappa shape index (κ3) is 1.23. The molecule has 0 amide bonds. The van der Waals surface area contributed by atoms with Crippen LogP contribution in [0.5, 0.6) is 0 Å². The number of fused-ring (bicyclic) bond motifs is 3. The fourth-order valence-electron chi connectivity index (χ4n) is 5.98. The first-order valence-electron chi connectivity index (χ1n) is 8.06. The van der Waals surface area contributed by atoms with Gasteiger partial charge in [0, 0.05) is 17.8 Å². The fraction of sp³-hybridized carbons (Fsp3) is 0.722. The topological polar surface area (TPSA) is 33.1 Å². The molecule has 3 aliphatic carbocycles. The number of aliphatic hydroxyl groups is 1. The molecule has 4 unspecified atom stereocenters. The van der Waals surface area contributed by atoms with Crippen LogP contribution in [0, 0.1) is 16.7 Å². The minimum atomic E-state index is -0.595. The van der Waals surface area contributed by atoms with Gasteiger partial charge in [0.2, 0.25) is 0 Å². The van der Waals surface area contributed by atoms with E-state index in [1.165, 1.54) is 30.5 Å². The summed E-state index contributed by atoms with van der Waals surface area (Å²) in [5, 5.41) is 11.9. The Bertz CT molecular complexity index is 560. The van der Waals surface area contributed by atoms with Crippen LogP contribution < -0.4 is 0 Å². The molecular weight excluding hydrogens is 246 g/mol. The molecule has 4 atom stereocenters. The molecule has 4 rings (SSSR count). The fourth-order valence-corrected chi connectivity index (χ4v) is 5.98. The summed E-state index contributed by atoms with van der Waals surface area (Å²) >= 11 is 0. The Morgan fingerprint density at radius 2 is 2.05 bits per heavy atom. The predicted molar refractivity (Wildman–Crippen MR) is 79.5 cm³/mol. The molecule has 2 fully saturated rings. The van der Waals surface area contributed by atoms with Gasteiger partial charge in [0.25, 0.3) is 0 Å². The maximum atomic E-state index is 11.9. The molecule has 2 saturated carbocycles. The molecule has 3 aliphatic rings. The Balaban J connectivity index is 1.86. The van der Waals surface area contributed by atoms with Gasteiger partial charge in [0.1, 0.15) is 0 Å². The van der Waals surface area contributed by atoms with Crippen molar-refractivity contribution in [3.63, 3.8) is 0 Å². The van der Waals surface area contributed by atoms with E-state index in [-0.39, 0.29) is 16.7 Å². The first-order chi connectivity index (χ1) is 9.40. The third-order valence-corrected chi connectivity index (χ3v) is 7.13. The number of hydrogen-bond donors (Lipinski definition) is 1. The van der Waals surface area contributed by atoms with E-state index in [0.29, 0.717) is 5.92 Å². The Hall–Kier alpha value is -0.890. The zero-order valence-corrected chi connectivity index (χ0v) is 12.8. The third-order valence-electron chi connectivity index (χ3n) is 7.13. The van der Waals surface area contributed by atoms with Gasteiger partial charge in [-0.15, -0.1) is 0 Å². The molecule has 0 saturated heterocycles. The van der Waals surface area contributed by atoms with Gasteiger partial charge in [-0.1, -0.05) is 26.8 Å². The second kappa shape index (κ2) is 3.65. The van der Waals surface area contributed by atoms with E-state index in [9.17, 15) is 5.11 Å². The van der Waals surface area contributed by atoms with Crippen molar-refractivity contribution in [3.05, 3.63) is 29.6 Å². The minimum absolute atomic E-state index is 0.00377. The van der Waals surface area contributed by atoms with Crippen LogP contribution in [0.25, 0.3) is 0 Å². The summed E-state index contributed by atoms with van der Waals surface area (Å²) in [6.45, 7) is 6.91. The summed E-state index contributed by atoms with van der Waals surface area (Å²) in [4.78, 5) is 4.65. The van der Waals surface area contributed by atoms with Crippen molar-refractivity contribution < 1.29 is 5.11 Å². The van der Waals surface area contributed by atoms with E-state index in [1.807, 2.05) is 12.3 Å². The minimum Gasteiger partial charge on any atom is -0.388 e. The first kappa shape index (κ1) is 12.8. The monoisotopic (exact) mass is 271 g/mol. The maximum absolute atomic E-state index is 11.9. The van der Waals surface area contributed by atoms with Crippen LogP contribution in [0.2, 0.25) is 0 Å². The van der Waals surface area contributed by atoms with Crippen LogP contribution in [0.15, 0.2) is 18.3 Å². The van der Waals surface area contributed by atoms with Gasteiger partial charge in [-0.05, 0) is 60.5 Å². The van der Waals surface area contributed by atoms with Crippen LogP contribution >= 0.6 is 0 Å². The zero-order chi connectivity index (χ0) is 14.2. The number of rotatable bonds is 1. The van der Waals surface area contributed by atoms with Gasteiger partial charge in [-0.3, -0.25) is 4.98 Å². The number of hydrogen-bond acceptors (Lipinski definition) is 2. The molecule has 1 heterocycles. The van der Waals surface area contributed by atoms with Gasteiger partial charge >= 0.3 is 0 Å².